The van der Waals surface area contributed by atoms with E-state index in [1.165, 1.54) is 0 Å². The quantitative estimate of drug-likeness (QED) is 0.790. The summed E-state index contributed by atoms with van der Waals surface area (Å²) >= 11 is 15.7. The van der Waals surface area contributed by atoms with Crippen molar-refractivity contribution in [3.63, 3.8) is 0 Å². The zero-order valence-electron chi connectivity index (χ0n) is 10.2. The molecule has 0 aliphatic heterocycles. The molecule has 0 aliphatic carbocycles. The van der Waals surface area contributed by atoms with Crippen molar-refractivity contribution in [2.45, 2.75) is 6.54 Å². The number of ether oxygens (including phenoxy) is 1. The second-order valence-corrected chi connectivity index (χ2v) is 5.64. The molecule has 0 aromatic heterocycles. The highest BCUT2D eigenvalue weighted by Gasteiger charge is 2.07. The van der Waals surface area contributed by atoms with Gasteiger partial charge in [-0.1, -0.05) is 45.2 Å². The Kier molecular flexibility index (Phi) is 4.97. The highest BCUT2D eigenvalue weighted by molar-refractivity contribution is 9.10. The van der Waals surface area contributed by atoms with Crippen LogP contribution < -0.4 is 10.1 Å². The van der Waals surface area contributed by atoms with Gasteiger partial charge >= 0.3 is 0 Å². The maximum atomic E-state index is 6.11. The molecule has 0 radical (unpaired) electrons. The molecule has 0 saturated carbocycles. The van der Waals surface area contributed by atoms with Gasteiger partial charge in [0, 0.05) is 16.6 Å². The van der Waals surface area contributed by atoms with E-state index >= 15 is 0 Å². The predicted octanol–water partition coefficient (Wildman–Crippen LogP) is 5.38. The molecule has 1 N–H and O–H groups in total. The van der Waals surface area contributed by atoms with Crippen LogP contribution in [0.25, 0.3) is 0 Å². The van der Waals surface area contributed by atoms with Crippen LogP contribution in [0.15, 0.2) is 40.9 Å². The maximum absolute atomic E-state index is 6.11. The van der Waals surface area contributed by atoms with Gasteiger partial charge in [0.25, 0.3) is 0 Å². The zero-order chi connectivity index (χ0) is 13.8. The van der Waals surface area contributed by atoms with E-state index in [4.69, 9.17) is 27.9 Å². The molecule has 0 spiro atoms. The van der Waals surface area contributed by atoms with Crippen LogP contribution in [0.5, 0.6) is 5.75 Å². The van der Waals surface area contributed by atoms with Crippen molar-refractivity contribution in [1.29, 1.82) is 0 Å². The zero-order valence-corrected chi connectivity index (χ0v) is 13.3. The average Bonchev–Trinajstić information content (AvgIpc) is 2.38. The third-order valence-electron chi connectivity index (χ3n) is 2.66. The molecule has 0 amide bonds. The molecular formula is C14H12BrCl2NO. The van der Waals surface area contributed by atoms with Crippen LogP contribution in [0.2, 0.25) is 10.0 Å². The van der Waals surface area contributed by atoms with E-state index in [1.54, 1.807) is 19.2 Å². The summed E-state index contributed by atoms with van der Waals surface area (Å²) in [6, 6.07) is 11.3. The van der Waals surface area contributed by atoms with E-state index in [2.05, 4.69) is 21.2 Å². The third kappa shape index (κ3) is 3.56. The highest BCUT2D eigenvalue weighted by Crippen LogP contribution is 2.31. The van der Waals surface area contributed by atoms with E-state index in [-0.39, 0.29) is 0 Å². The lowest BCUT2D eigenvalue weighted by Crippen LogP contribution is -2.02. The van der Waals surface area contributed by atoms with Gasteiger partial charge in [-0.2, -0.15) is 0 Å². The van der Waals surface area contributed by atoms with Gasteiger partial charge in [-0.25, -0.2) is 0 Å². The Balaban J connectivity index is 2.21. The molecule has 2 aromatic rings. The molecule has 2 aromatic carbocycles. The van der Waals surface area contributed by atoms with E-state index in [0.29, 0.717) is 16.6 Å². The smallest absolute Gasteiger partial charge is 0.123 e. The first-order valence-corrected chi connectivity index (χ1v) is 7.17. The number of nitrogens with one attached hydrogen (secondary N) is 1. The molecule has 0 atom stereocenters. The van der Waals surface area contributed by atoms with Crippen molar-refractivity contribution in [2.75, 3.05) is 12.4 Å². The lowest BCUT2D eigenvalue weighted by molar-refractivity contribution is 0.410. The molecule has 2 nitrogen and oxygen atoms in total. The molecule has 0 fully saturated rings. The summed E-state index contributed by atoms with van der Waals surface area (Å²) < 4.78 is 6.32. The number of halogens is 3. The second-order valence-electron chi connectivity index (χ2n) is 3.91. The lowest BCUT2D eigenvalue weighted by Gasteiger charge is -2.13. The molecule has 100 valence electrons. The molecular weight excluding hydrogens is 349 g/mol. The van der Waals surface area contributed by atoms with Crippen LogP contribution in [0, 0.1) is 0 Å². The highest BCUT2D eigenvalue weighted by atomic mass is 79.9. The first kappa shape index (κ1) is 14.5. The van der Waals surface area contributed by atoms with Crippen LogP contribution >= 0.6 is 39.1 Å². The van der Waals surface area contributed by atoms with Crippen molar-refractivity contribution in [1.82, 2.24) is 0 Å². The Bertz CT molecular complexity index is 569. The number of benzene rings is 2. The Hall–Kier alpha value is -0.900. The fraction of sp³-hybridized carbons (Fsp3) is 0.143. The topological polar surface area (TPSA) is 21.3 Å². The van der Waals surface area contributed by atoms with Crippen LogP contribution in [0.4, 0.5) is 5.69 Å². The molecule has 0 saturated heterocycles. The van der Waals surface area contributed by atoms with Gasteiger partial charge in [-0.05, 0) is 30.3 Å². The Morgan fingerprint density at radius 1 is 1.16 bits per heavy atom. The van der Waals surface area contributed by atoms with Gasteiger partial charge < -0.3 is 10.1 Å². The Morgan fingerprint density at radius 2 is 1.84 bits per heavy atom. The largest absolute Gasteiger partial charge is 0.496 e. The Morgan fingerprint density at radius 3 is 2.47 bits per heavy atom. The number of methoxy groups -OCH3 is 1. The maximum Gasteiger partial charge on any atom is 0.123 e. The normalized spacial score (nSPS) is 10.3. The summed E-state index contributed by atoms with van der Waals surface area (Å²) in [6.07, 6.45) is 0. The number of para-hydroxylation sites is 1. The fourth-order valence-electron chi connectivity index (χ4n) is 1.74. The standard InChI is InChI=1S/C14H12BrCl2NO/c1-19-13-6-5-10(15)7-9(13)8-18-14-11(16)3-2-4-12(14)17/h2-7,18H,8H2,1H3. The summed E-state index contributed by atoms with van der Waals surface area (Å²) in [6.45, 7) is 0.575. The SMILES string of the molecule is COc1ccc(Br)cc1CNc1c(Cl)cccc1Cl. The van der Waals surface area contributed by atoms with E-state index < -0.39 is 0 Å². The molecule has 0 unspecified atom stereocenters. The summed E-state index contributed by atoms with van der Waals surface area (Å²) in [4.78, 5) is 0. The minimum absolute atomic E-state index is 0.575. The Labute approximate surface area is 130 Å². The lowest BCUT2D eigenvalue weighted by atomic mass is 10.2. The molecule has 0 bridgehead atoms. The summed E-state index contributed by atoms with van der Waals surface area (Å²) in [5.41, 5.74) is 1.75. The average molecular weight is 361 g/mol. The van der Waals surface area contributed by atoms with Gasteiger partial charge in [-0.3, -0.25) is 0 Å². The number of hydrogen-bond donors (Lipinski definition) is 1. The summed E-state index contributed by atoms with van der Waals surface area (Å²) in [7, 11) is 1.65. The monoisotopic (exact) mass is 359 g/mol. The first-order valence-electron chi connectivity index (χ1n) is 5.62. The van der Waals surface area contributed by atoms with E-state index in [1.807, 2.05) is 24.3 Å². The number of rotatable bonds is 4. The fourth-order valence-corrected chi connectivity index (χ4v) is 2.68. The van der Waals surface area contributed by atoms with Crippen molar-refractivity contribution < 1.29 is 4.74 Å². The van der Waals surface area contributed by atoms with Crippen molar-refractivity contribution in [3.05, 3.63) is 56.5 Å². The second kappa shape index (κ2) is 6.51. The van der Waals surface area contributed by atoms with Crippen LogP contribution in [-0.4, -0.2) is 7.11 Å². The minimum Gasteiger partial charge on any atom is -0.496 e. The van der Waals surface area contributed by atoms with Gasteiger partial charge in [0.1, 0.15) is 5.75 Å². The summed E-state index contributed by atoms with van der Waals surface area (Å²) in [5.74, 6) is 0.818. The molecule has 2 rings (SSSR count). The third-order valence-corrected chi connectivity index (χ3v) is 3.78. The predicted molar refractivity (Wildman–Crippen MR) is 84.5 cm³/mol. The molecule has 5 heteroatoms. The van der Waals surface area contributed by atoms with Gasteiger partial charge in [0.15, 0.2) is 0 Å². The first-order chi connectivity index (χ1) is 9.11. The van der Waals surface area contributed by atoms with Crippen LogP contribution in [-0.2, 0) is 6.54 Å². The van der Waals surface area contributed by atoms with Gasteiger partial charge in [0.05, 0.1) is 22.8 Å². The number of hydrogen-bond acceptors (Lipinski definition) is 2. The minimum atomic E-state index is 0.575. The number of anilines is 1. The molecule has 0 heterocycles. The van der Waals surface area contributed by atoms with Crippen molar-refractivity contribution >= 4 is 44.8 Å². The summed E-state index contributed by atoms with van der Waals surface area (Å²) in [5, 5.41) is 4.43. The van der Waals surface area contributed by atoms with Gasteiger partial charge in [-0.15, -0.1) is 0 Å². The van der Waals surface area contributed by atoms with E-state index in [0.717, 1.165) is 21.5 Å². The van der Waals surface area contributed by atoms with E-state index in [9.17, 15) is 0 Å². The van der Waals surface area contributed by atoms with Crippen LogP contribution in [0.3, 0.4) is 0 Å². The van der Waals surface area contributed by atoms with Crippen molar-refractivity contribution in [2.24, 2.45) is 0 Å². The molecule has 19 heavy (non-hydrogen) atoms. The van der Waals surface area contributed by atoms with Gasteiger partial charge in [0.2, 0.25) is 0 Å². The van der Waals surface area contributed by atoms with Crippen LogP contribution in [0.1, 0.15) is 5.56 Å². The van der Waals surface area contributed by atoms with Crippen molar-refractivity contribution in [3.8, 4) is 5.75 Å². The molecule has 0 aliphatic rings.